The van der Waals surface area contributed by atoms with Gasteiger partial charge < -0.3 is 11.1 Å². The van der Waals surface area contributed by atoms with Crippen molar-refractivity contribution in [2.24, 2.45) is 5.73 Å². The van der Waals surface area contributed by atoms with Crippen LogP contribution in [0.4, 0.5) is 10.1 Å². The zero-order chi connectivity index (χ0) is 16.4. The maximum Gasteiger partial charge on any atom is 0.244 e. The lowest BCUT2D eigenvalue weighted by Gasteiger charge is -2.31. The van der Waals surface area contributed by atoms with Gasteiger partial charge in [0.2, 0.25) is 5.91 Å². The monoisotopic (exact) mass is 352 g/mol. The molecule has 3 rings (SSSR count). The Hall–Kier alpha value is -1.92. The Kier molecular flexibility index (Phi) is 5.62. The van der Waals surface area contributed by atoms with Crippen molar-refractivity contribution in [2.75, 3.05) is 5.32 Å². The van der Waals surface area contributed by atoms with Crippen molar-refractivity contribution < 1.29 is 9.18 Å². The van der Waals surface area contributed by atoms with E-state index in [9.17, 15) is 9.18 Å². The minimum Gasteiger partial charge on any atom is -0.324 e. The number of carbonyl (C=O) groups excluding carboxylic acids is 1. The third-order valence-corrected chi connectivity index (χ3v) is 4.36. The molecule has 130 valence electrons. The van der Waals surface area contributed by atoms with Crippen LogP contribution in [-0.2, 0) is 4.79 Å². The number of nitrogens with zero attached hydrogens (tertiary/aromatic N) is 2. The van der Waals surface area contributed by atoms with Crippen LogP contribution in [0.15, 0.2) is 30.6 Å². The molecule has 7 heteroatoms. The number of carbonyl (C=O) groups is 1. The summed E-state index contributed by atoms with van der Waals surface area (Å²) in [6.45, 7) is 1.89. The van der Waals surface area contributed by atoms with Gasteiger partial charge in [0, 0.05) is 11.9 Å². The Morgan fingerprint density at radius 2 is 2.04 bits per heavy atom. The normalized spacial score (nSPS) is 16.3. The third kappa shape index (κ3) is 3.76. The van der Waals surface area contributed by atoms with Crippen molar-refractivity contribution >= 4 is 24.0 Å². The molecule has 24 heavy (non-hydrogen) atoms. The Morgan fingerprint density at radius 1 is 1.33 bits per heavy atom. The fraction of sp³-hybridized carbons (Fsp3) is 0.412. The maximum atomic E-state index is 14.3. The number of aromatic nitrogens is 2. The first-order chi connectivity index (χ1) is 11.0. The Morgan fingerprint density at radius 3 is 2.62 bits per heavy atom. The SMILES string of the molecule is Cc1cnn(-c2ccc(NC(=O)C3(N)CCCCC3)cc2F)c1.Cl. The number of halogens is 2. The second-order valence-corrected chi connectivity index (χ2v) is 6.30. The summed E-state index contributed by atoms with van der Waals surface area (Å²) in [5, 5.41) is 6.83. The zero-order valence-corrected chi connectivity index (χ0v) is 14.4. The number of hydrogen-bond donors (Lipinski definition) is 2. The maximum absolute atomic E-state index is 14.3. The van der Waals surface area contributed by atoms with E-state index >= 15 is 0 Å². The number of aryl methyl sites for hydroxylation is 1. The van der Waals surface area contributed by atoms with Gasteiger partial charge in [-0.2, -0.15) is 5.10 Å². The minimum absolute atomic E-state index is 0. The standard InChI is InChI=1S/C17H21FN4O.ClH/c1-12-10-20-22(11-12)15-6-5-13(9-14(15)18)21-16(23)17(19)7-3-2-4-8-17;/h5-6,9-11H,2-4,7-8,19H2,1H3,(H,21,23);1H. The first-order valence-electron chi connectivity index (χ1n) is 7.89. The van der Waals surface area contributed by atoms with Gasteiger partial charge in [-0.1, -0.05) is 19.3 Å². The van der Waals surface area contributed by atoms with Crippen LogP contribution in [0.2, 0.25) is 0 Å². The predicted octanol–water partition coefficient (Wildman–Crippen LogP) is 3.34. The Bertz CT molecular complexity index is 725. The molecular weight excluding hydrogens is 331 g/mol. The van der Waals surface area contributed by atoms with Gasteiger partial charge in [0.05, 0.1) is 11.7 Å². The van der Waals surface area contributed by atoms with Gasteiger partial charge in [-0.15, -0.1) is 12.4 Å². The van der Waals surface area contributed by atoms with Crippen molar-refractivity contribution in [3.05, 3.63) is 42.0 Å². The van der Waals surface area contributed by atoms with E-state index in [4.69, 9.17) is 5.73 Å². The highest BCUT2D eigenvalue weighted by Gasteiger charge is 2.35. The molecule has 0 bridgehead atoms. The van der Waals surface area contributed by atoms with Crippen LogP contribution in [0.3, 0.4) is 0 Å². The highest BCUT2D eigenvalue weighted by molar-refractivity contribution is 5.98. The number of amides is 1. The molecule has 0 saturated heterocycles. The van der Waals surface area contributed by atoms with Gasteiger partial charge in [-0.05, 0) is 43.5 Å². The summed E-state index contributed by atoms with van der Waals surface area (Å²) in [4.78, 5) is 12.4. The van der Waals surface area contributed by atoms with E-state index in [1.165, 1.54) is 10.7 Å². The molecule has 0 radical (unpaired) electrons. The van der Waals surface area contributed by atoms with E-state index in [0.29, 0.717) is 24.2 Å². The molecule has 1 fully saturated rings. The summed E-state index contributed by atoms with van der Waals surface area (Å²) in [5.41, 5.74) is 7.06. The smallest absolute Gasteiger partial charge is 0.244 e. The number of anilines is 1. The van der Waals surface area contributed by atoms with E-state index < -0.39 is 11.4 Å². The molecule has 0 aliphatic heterocycles. The van der Waals surface area contributed by atoms with Crippen LogP contribution in [0.25, 0.3) is 5.69 Å². The average molecular weight is 353 g/mol. The second-order valence-electron chi connectivity index (χ2n) is 6.30. The highest BCUT2D eigenvalue weighted by atomic mass is 35.5. The quantitative estimate of drug-likeness (QED) is 0.889. The molecule has 1 aromatic carbocycles. The molecule has 1 aliphatic carbocycles. The average Bonchev–Trinajstić information content (AvgIpc) is 2.94. The van der Waals surface area contributed by atoms with Gasteiger partial charge in [-0.25, -0.2) is 9.07 Å². The molecule has 5 nitrogen and oxygen atoms in total. The van der Waals surface area contributed by atoms with E-state index in [1.54, 1.807) is 24.5 Å². The summed E-state index contributed by atoms with van der Waals surface area (Å²) in [7, 11) is 0. The van der Waals surface area contributed by atoms with Gasteiger partial charge in [0.1, 0.15) is 5.69 Å². The summed E-state index contributed by atoms with van der Waals surface area (Å²) < 4.78 is 15.8. The van der Waals surface area contributed by atoms with Gasteiger partial charge in [0.15, 0.2) is 5.82 Å². The van der Waals surface area contributed by atoms with E-state index in [1.807, 2.05) is 6.92 Å². The van der Waals surface area contributed by atoms with Gasteiger partial charge >= 0.3 is 0 Å². The molecule has 0 unspecified atom stereocenters. The molecule has 1 saturated carbocycles. The summed E-state index contributed by atoms with van der Waals surface area (Å²) in [6, 6.07) is 4.57. The second kappa shape index (κ2) is 7.32. The molecule has 2 aromatic rings. The summed E-state index contributed by atoms with van der Waals surface area (Å²) in [6.07, 6.45) is 7.77. The number of rotatable bonds is 3. The molecule has 1 aliphatic rings. The minimum atomic E-state index is -0.841. The predicted molar refractivity (Wildman–Crippen MR) is 94.1 cm³/mol. The van der Waals surface area contributed by atoms with Gasteiger partial charge in [-0.3, -0.25) is 4.79 Å². The molecule has 3 N–H and O–H groups in total. The number of nitrogens with two attached hydrogens (primary N) is 1. The lowest BCUT2D eigenvalue weighted by Crippen LogP contribution is -2.52. The molecule has 1 amide bonds. The van der Waals surface area contributed by atoms with Crippen LogP contribution in [0, 0.1) is 12.7 Å². The lowest BCUT2D eigenvalue weighted by atomic mass is 9.82. The Balaban J connectivity index is 0.00000208. The number of nitrogens with one attached hydrogen (secondary N) is 1. The third-order valence-electron chi connectivity index (χ3n) is 4.36. The van der Waals surface area contributed by atoms with Crippen LogP contribution in [-0.4, -0.2) is 21.2 Å². The van der Waals surface area contributed by atoms with E-state index in [-0.39, 0.29) is 18.3 Å². The van der Waals surface area contributed by atoms with Crippen molar-refractivity contribution in [2.45, 2.75) is 44.6 Å². The highest BCUT2D eigenvalue weighted by Crippen LogP contribution is 2.27. The lowest BCUT2D eigenvalue weighted by molar-refractivity contribution is -0.122. The molecule has 0 atom stereocenters. The van der Waals surface area contributed by atoms with Crippen LogP contribution in [0.1, 0.15) is 37.7 Å². The van der Waals surface area contributed by atoms with Crippen molar-refractivity contribution in [1.29, 1.82) is 0 Å². The first-order valence-corrected chi connectivity index (χ1v) is 7.89. The van der Waals surface area contributed by atoms with Crippen LogP contribution in [0.5, 0.6) is 0 Å². The zero-order valence-electron chi connectivity index (χ0n) is 13.6. The van der Waals surface area contributed by atoms with Crippen molar-refractivity contribution in [3.63, 3.8) is 0 Å². The molecule has 1 aromatic heterocycles. The first kappa shape index (κ1) is 18.4. The van der Waals surface area contributed by atoms with Gasteiger partial charge in [0.25, 0.3) is 0 Å². The molecule has 1 heterocycles. The molecule has 0 spiro atoms. The van der Waals surface area contributed by atoms with E-state index in [0.717, 1.165) is 24.8 Å². The fourth-order valence-corrected chi connectivity index (χ4v) is 2.98. The Labute approximate surface area is 146 Å². The number of benzene rings is 1. The molecular formula is C17H22ClFN4O. The fourth-order valence-electron chi connectivity index (χ4n) is 2.98. The number of hydrogen-bond acceptors (Lipinski definition) is 3. The van der Waals surface area contributed by atoms with Crippen molar-refractivity contribution in [3.8, 4) is 5.69 Å². The van der Waals surface area contributed by atoms with E-state index in [2.05, 4.69) is 10.4 Å². The van der Waals surface area contributed by atoms with Crippen LogP contribution >= 0.6 is 12.4 Å². The topological polar surface area (TPSA) is 72.9 Å². The largest absolute Gasteiger partial charge is 0.324 e. The van der Waals surface area contributed by atoms with Crippen molar-refractivity contribution in [1.82, 2.24) is 9.78 Å². The summed E-state index contributed by atoms with van der Waals surface area (Å²) >= 11 is 0. The summed E-state index contributed by atoms with van der Waals surface area (Å²) in [5.74, 6) is -0.681. The van der Waals surface area contributed by atoms with Crippen LogP contribution < -0.4 is 11.1 Å².